The second-order valence-electron chi connectivity index (χ2n) is 8.88. The predicted molar refractivity (Wildman–Crippen MR) is 104 cm³/mol. The molecule has 0 aromatic heterocycles. The molecule has 0 spiro atoms. The van der Waals surface area contributed by atoms with Crippen LogP contribution in [0.5, 0.6) is 0 Å². The molecule has 2 heterocycles. The number of ether oxygens (including phenoxy) is 1. The molecule has 2 aliphatic heterocycles. The van der Waals surface area contributed by atoms with Gasteiger partial charge in [0, 0.05) is 19.1 Å². The molecular formula is C21H39N2O2. The molecule has 1 unspecified atom stereocenters. The Labute approximate surface area is 155 Å². The number of piperidine rings is 2. The minimum atomic E-state index is -0.397. The van der Waals surface area contributed by atoms with Crippen LogP contribution in [0.15, 0.2) is 0 Å². The summed E-state index contributed by atoms with van der Waals surface area (Å²) in [6.45, 7) is 14.2. The van der Waals surface area contributed by atoms with E-state index in [0.717, 1.165) is 38.3 Å². The number of carbonyl (C=O) groups is 1. The molecule has 0 saturated carbocycles. The largest absolute Gasteiger partial charge is 0.444 e. The lowest BCUT2D eigenvalue weighted by atomic mass is 9.90. The number of nitrogens with zero attached hydrogens (tertiary/aromatic N) is 2. The Hall–Kier alpha value is -0.770. The number of rotatable bonds is 6. The van der Waals surface area contributed by atoms with Crippen LogP contribution in [0, 0.1) is 12.8 Å². The Bertz CT molecular complexity index is 391. The zero-order valence-corrected chi connectivity index (χ0v) is 16.8. The van der Waals surface area contributed by atoms with Gasteiger partial charge in [-0.2, -0.15) is 0 Å². The summed E-state index contributed by atoms with van der Waals surface area (Å²) in [5, 5.41) is 0. The average molecular weight is 352 g/mol. The van der Waals surface area contributed by atoms with Gasteiger partial charge in [0.25, 0.3) is 0 Å². The van der Waals surface area contributed by atoms with Crippen molar-refractivity contribution in [3.05, 3.63) is 6.92 Å². The van der Waals surface area contributed by atoms with Crippen molar-refractivity contribution in [1.82, 2.24) is 9.80 Å². The summed E-state index contributed by atoms with van der Waals surface area (Å²) in [5.41, 5.74) is -0.397. The van der Waals surface area contributed by atoms with Crippen molar-refractivity contribution in [2.45, 2.75) is 90.2 Å². The highest BCUT2D eigenvalue weighted by atomic mass is 16.6. The van der Waals surface area contributed by atoms with Gasteiger partial charge in [-0.25, -0.2) is 4.79 Å². The van der Waals surface area contributed by atoms with Gasteiger partial charge in [0.15, 0.2) is 0 Å². The van der Waals surface area contributed by atoms with E-state index in [1.54, 1.807) is 0 Å². The minimum absolute atomic E-state index is 0.145. The Morgan fingerprint density at radius 2 is 1.76 bits per heavy atom. The van der Waals surface area contributed by atoms with Crippen molar-refractivity contribution in [3.63, 3.8) is 0 Å². The quantitative estimate of drug-likeness (QED) is 0.683. The Morgan fingerprint density at radius 3 is 2.32 bits per heavy atom. The number of hydrogen-bond donors (Lipinski definition) is 0. The van der Waals surface area contributed by atoms with Crippen LogP contribution in [0.3, 0.4) is 0 Å². The smallest absolute Gasteiger partial charge is 0.410 e. The van der Waals surface area contributed by atoms with Gasteiger partial charge < -0.3 is 14.5 Å². The molecule has 145 valence electrons. The van der Waals surface area contributed by atoms with Crippen LogP contribution in [-0.2, 0) is 4.74 Å². The van der Waals surface area contributed by atoms with Gasteiger partial charge in [-0.15, -0.1) is 0 Å². The van der Waals surface area contributed by atoms with Gasteiger partial charge >= 0.3 is 6.09 Å². The van der Waals surface area contributed by atoms with Crippen molar-refractivity contribution in [2.24, 2.45) is 5.92 Å². The molecule has 25 heavy (non-hydrogen) atoms. The number of amides is 1. The molecule has 0 N–H and O–H groups in total. The first-order valence-electron chi connectivity index (χ1n) is 10.4. The number of hydrogen-bond acceptors (Lipinski definition) is 3. The first kappa shape index (κ1) is 20.5. The lowest BCUT2D eigenvalue weighted by Gasteiger charge is -2.35. The van der Waals surface area contributed by atoms with Crippen LogP contribution in [0.1, 0.15) is 78.6 Å². The Balaban J connectivity index is 1.64. The van der Waals surface area contributed by atoms with Crippen molar-refractivity contribution >= 4 is 6.09 Å². The summed E-state index contributed by atoms with van der Waals surface area (Å²) in [5.74, 6) is 0.769. The molecule has 4 nitrogen and oxygen atoms in total. The SMILES string of the molecule is [CH2]CC(CCCC1CCN(C(=O)OC(C)(C)C)CC1)N1CCCCC1. The third-order valence-electron chi connectivity index (χ3n) is 5.66. The average Bonchev–Trinajstić information content (AvgIpc) is 2.58. The van der Waals surface area contributed by atoms with E-state index in [9.17, 15) is 4.79 Å². The van der Waals surface area contributed by atoms with Crippen LogP contribution in [0.2, 0.25) is 0 Å². The second-order valence-corrected chi connectivity index (χ2v) is 8.88. The van der Waals surface area contributed by atoms with Crippen molar-refractivity contribution in [3.8, 4) is 0 Å². The second kappa shape index (κ2) is 9.80. The third-order valence-corrected chi connectivity index (χ3v) is 5.66. The summed E-state index contributed by atoms with van der Waals surface area (Å²) in [6, 6.07) is 0.683. The van der Waals surface area contributed by atoms with Crippen molar-refractivity contribution < 1.29 is 9.53 Å². The van der Waals surface area contributed by atoms with Crippen LogP contribution in [0.4, 0.5) is 4.79 Å². The van der Waals surface area contributed by atoms with E-state index in [1.165, 1.54) is 51.6 Å². The molecule has 0 aliphatic carbocycles. The topological polar surface area (TPSA) is 32.8 Å². The molecular weight excluding hydrogens is 312 g/mol. The van der Waals surface area contributed by atoms with Gasteiger partial charge in [0.05, 0.1) is 0 Å². The Kier molecular flexibility index (Phi) is 8.05. The fourth-order valence-corrected chi connectivity index (χ4v) is 4.17. The maximum atomic E-state index is 12.1. The van der Waals surface area contributed by atoms with Gasteiger partial charge in [-0.1, -0.05) is 26.2 Å². The first-order chi connectivity index (χ1) is 11.9. The Morgan fingerprint density at radius 1 is 1.12 bits per heavy atom. The fourth-order valence-electron chi connectivity index (χ4n) is 4.17. The van der Waals surface area contributed by atoms with E-state index < -0.39 is 5.60 Å². The third kappa shape index (κ3) is 7.16. The van der Waals surface area contributed by atoms with Crippen LogP contribution >= 0.6 is 0 Å². The van der Waals surface area contributed by atoms with E-state index in [4.69, 9.17) is 4.74 Å². The van der Waals surface area contributed by atoms with Crippen molar-refractivity contribution in [2.75, 3.05) is 26.2 Å². The maximum absolute atomic E-state index is 12.1. The predicted octanol–water partition coefficient (Wildman–Crippen LogP) is 4.88. The molecule has 0 aromatic rings. The van der Waals surface area contributed by atoms with Crippen molar-refractivity contribution in [1.29, 1.82) is 0 Å². The molecule has 4 heteroatoms. The van der Waals surface area contributed by atoms with Gasteiger partial charge in [-0.3, -0.25) is 0 Å². The summed E-state index contributed by atoms with van der Waals surface area (Å²) in [4.78, 5) is 16.7. The zero-order valence-electron chi connectivity index (χ0n) is 16.8. The van der Waals surface area contributed by atoms with Gasteiger partial charge in [-0.05, 0) is 78.3 Å². The molecule has 0 aromatic carbocycles. The summed E-state index contributed by atoms with van der Waals surface area (Å²) in [7, 11) is 0. The van der Waals surface area contributed by atoms with E-state index >= 15 is 0 Å². The fraction of sp³-hybridized carbons (Fsp3) is 0.905. The molecule has 1 radical (unpaired) electrons. The first-order valence-corrected chi connectivity index (χ1v) is 10.4. The molecule has 2 saturated heterocycles. The van der Waals surface area contributed by atoms with Crippen LogP contribution in [-0.4, -0.2) is 53.7 Å². The standard InChI is InChI=1S/C21H39N2O2/c1-5-19(22-14-7-6-8-15-22)11-9-10-18-12-16-23(17-13-18)20(24)25-21(2,3)4/h18-19H,1,5-17H2,2-4H3. The van der Waals surface area contributed by atoms with E-state index in [-0.39, 0.29) is 6.09 Å². The highest BCUT2D eigenvalue weighted by molar-refractivity contribution is 5.68. The van der Waals surface area contributed by atoms with Gasteiger partial charge in [0.1, 0.15) is 5.60 Å². The highest BCUT2D eigenvalue weighted by Gasteiger charge is 2.27. The monoisotopic (exact) mass is 351 g/mol. The lowest BCUT2D eigenvalue weighted by Crippen LogP contribution is -2.41. The molecule has 1 amide bonds. The number of likely N-dealkylation sites (tertiary alicyclic amines) is 2. The zero-order chi connectivity index (χ0) is 18.3. The molecule has 2 aliphatic rings. The number of carbonyl (C=O) groups excluding carboxylic acids is 1. The minimum Gasteiger partial charge on any atom is -0.444 e. The molecule has 2 rings (SSSR count). The van der Waals surface area contributed by atoms with Crippen LogP contribution in [0.25, 0.3) is 0 Å². The lowest BCUT2D eigenvalue weighted by molar-refractivity contribution is 0.0179. The van der Waals surface area contributed by atoms with E-state index in [1.807, 2.05) is 25.7 Å². The highest BCUT2D eigenvalue weighted by Crippen LogP contribution is 2.26. The molecule has 0 bridgehead atoms. The normalized spacial score (nSPS) is 22.0. The van der Waals surface area contributed by atoms with E-state index in [2.05, 4.69) is 11.8 Å². The molecule has 2 fully saturated rings. The molecule has 1 atom stereocenters. The van der Waals surface area contributed by atoms with Gasteiger partial charge in [0.2, 0.25) is 0 Å². The summed E-state index contributed by atoms with van der Waals surface area (Å²) in [6.07, 6.45) is 11.1. The summed E-state index contributed by atoms with van der Waals surface area (Å²) >= 11 is 0. The van der Waals surface area contributed by atoms with E-state index in [0.29, 0.717) is 6.04 Å². The summed E-state index contributed by atoms with van der Waals surface area (Å²) < 4.78 is 5.48. The maximum Gasteiger partial charge on any atom is 0.410 e. The van der Waals surface area contributed by atoms with Crippen LogP contribution < -0.4 is 0 Å².